The van der Waals surface area contributed by atoms with Crippen molar-refractivity contribution in [2.45, 2.75) is 0 Å². The topological polar surface area (TPSA) is 8.17 Å². The predicted octanol–water partition coefficient (Wildman–Crippen LogP) is 7.84. The van der Waals surface area contributed by atoms with Crippen LogP contribution < -0.4 is 4.90 Å². The third kappa shape index (κ3) is 3.19. The molecule has 0 bridgehead atoms. The molecule has 0 N–H and O–H groups in total. The summed E-state index contributed by atoms with van der Waals surface area (Å²) in [7, 11) is 2.09. The summed E-state index contributed by atoms with van der Waals surface area (Å²) in [5.74, 6) is 0. The maximum atomic E-state index is 4.38. The first-order valence-electron chi connectivity index (χ1n) is 11.2. The third-order valence-electron chi connectivity index (χ3n) is 6.46. The molecule has 1 aliphatic heterocycles. The number of anilines is 1. The van der Waals surface area contributed by atoms with E-state index in [0.717, 1.165) is 22.4 Å². The second-order valence-electron chi connectivity index (χ2n) is 8.49. The number of hydrogen-bond donors (Lipinski definition) is 0. The average molecular weight is 425 g/mol. The Balaban J connectivity index is 1.55. The summed E-state index contributed by atoms with van der Waals surface area (Å²) in [6.45, 7) is 4.38. The Kier molecular flexibility index (Phi) is 4.51. The second-order valence-corrected chi connectivity index (χ2v) is 8.49. The molecule has 0 unspecified atom stereocenters. The Morgan fingerprint density at radius 3 is 2.30 bits per heavy atom. The third-order valence-corrected chi connectivity index (χ3v) is 6.46. The monoisotopic (exact) mass is 424 g/mol. The van der Waals surface area contributed by atoms with Gasteiger partial charge in [0.1, 0.15) is 0 Å². The Hall–Kier alpha value is -4.30. The number of allylic oxidation sites excluding steroid dienone is 4. The first-order valence-corrected chi connectivity index (χ1v) is 11.2. The minimum absolute atomic E-state index is 1.02. The van der Waals surface area contributed by atoms with Crippen molar-refractivity contribution in [1.82, 2.24) is 4.57 Å². The summed E-state index contributed by atoms with van der Waals surface area (Å²) in [5.41, 5.74) is 9.28. The Bertz CT molecular complexity index is 1580. The van der Waals surface area contributed by atoms with Gasteiger partial charge in [-0.1, -0.05) is 67.2 Å². The number of rotatable bonds is 2. The van der Waals surface area contributed by atoms with Crippen molar-refractivity contribution in [2.75, 3.05) is 11.9 Å². The first kappa shape index (κ1) is 19.4. The van der Waals surface area contributed by atoms with Crippen LogP contribution in [0.2, 0.25) is 0 Å². The number of nitrogens with zero attached hydrogens (tertiary/aromatic N) is 2. The number of aromatic nitrogens is 1. The quantitative estimate of drug-likeness (QED) is 0.280. The molecule has 0 radical (unpaired) electrons. The summed E-state index contributed by atoms with van der Waals surface area (Å²) in [6, 6.07) is 34.4. The van der Waals surface area contributed by atoms with Crippen LogP contribution in [0.1, 0.15) is 11.1 Å². The van der Waals surface area contributed by atoms with Gasteiger partial charge in [-0.2, -0.15) is 0 Å². The number of fused-ring (bicyclic) bond motifs is 4. The molecule has 158 valence electrons. The lowest BCUT2D eigenvalue weighted by Gasteiger charge is -2.21. The molecule has 4 aromatic carbocycles. The van der Waals surface area contributed by atoms with Crippen LogP contribution in [0.5, 0.6) is 0 Å². The zero-order chi connectivity index (χ0) is 22.4. The van der Waals surface area contributed by atoms with Gasteiger partial charge in [0.15, 0.2) is 0 Å². The normalized spacial score (nSPS) is 16.2. The van der Waals surface area contributed by atoms with Crippen molar-refractivity contribution in [3.05, 3.63) is 133 Å². The van der Waals surface area contributed by atoms with Gasteiger partial charge in [0.2, 0.25) is 0 Å². The van der Waals surface area contributed by atoms with E-state index in [1.165, 1.54) is 33.1 Å². The molecular formula is C31H24N2. The fourth-order valence-corrected chi connectivity index (χ4v) is 4.83. The van der Waals surface area contributed by atoms with Gasteiger partial charge in [-0.05, 0) is 65.3 Å². The van der Waals surface area contributed by atoms with Crippen LogP contribution in [0, 0.1) is 0 Å². The Labute approximate surface area is 194 Å². The van der Waals surface area contributed by atoms with Crippen LogP contribution in [0.4, 0.5) is 5.69 Å². The van der Waals surface area contributed by atoms with Gasteiger partial charge >= 0.3 is 0 Å². The maximum Gasteiger partial charge on any atom is 0.0541 e. The first-order chi connectivity index (χ1) is 16.2. The lowest BCUT2D eigenvalue weighted by Crippen LogP contribution is -2.11. The Morgan fingerprint density at radius 1 is 0.697 bits per heavy atom. The number of para-hydroxylation sites is 3. The molecule has 2 heterocycles. The van der Waals surface area contributed by atoms with E-state index in [2.05, 4.69) is 139 Å². The van der Waals surface area contributed by atoms with Gasteiger partial charge < -0.3 is 9.47 Å². The van der Waals surface area contributed by atoms with Gasteiger partial charge in [-0.15, -0.1) is 0 Å². The van der Waals surface area contributed by atoms with Crippen molar-refractivity contribution >= 4 is 38.6 Å². The van der Waals surface area contributed by atoms with Gasteiger partial charge in [-0.25, -0.2) is 0 Å². The summed E-state index contributed by atoms with van der Waals surface area (Å²) in [6.07, 6.45) is 6.51. The van der Waals surface area contributed by atoms with Crippen LogP contribution in [-0.2, 0) is 0 Å². The molecule has 6 rings (SSSR count). The van der Waals surface area contributed by atoms with E-state index in [1.807, 2.05) is 0 Å². The highest BCUT2D eigenvalue weighted by atomic mass is 15.1. The molecule has 0 spiro atoms. The standard InChI is InChI=1S/C31H24N2/c1-22-20-24(18-19-32(2)29-14-8-6-12-26(22)29)23-16-17-31-28(21-23)27-13-7-9-15-30(27)33(31)25-10-4-3-5-11-25/h3-21H,1H2,2H3/b19-18-,24-20+. The summed E-state index contributed by atoms with van der Waals surface area (Å²) < 4.78 is 2.35. The molecule has 1 aromatic heterocycles. The smallest absolute Gasteiger partial charge is 0.0541 e. The molecular weight excluding hydrogens is 400 g/mol. The highest BCUT2D eigenvalue weighted by molar-refractivity contribution is 6.10. The number of benzene rings is 4. The van der Waals surface area contributed by atoms with Crippen molar-refractivity contribution in [1.29, 1.82) is 0 Å². The zero-order valence-corrected chi connectivity index (χ0v) is 18.6. The van der Waals surface area contributed by atoms with Crippen LogP contribution in [0.15, 0.2) is 122 Å². The maximum absolute atomic E-state index is 4.38. The lowest BCUT2D eigenvalue weighted by molar-refractivity contribution is 1.18. The highest BCUT2D eigenvalue weighted by Gasteiger charge is 2.15. The van der Waals surface area contributed by atoms with E-state index in [9.17, 15) is 0 Å². The van der Waals surface area contributed by atoms with Crippen LogP contribution in [0.3, 0.4) is 0 Å². The predicted molar refractivity (Wildman–Crippen MR) is 142 cm³/mol. The largest absolute Gasteiger partial charge is 0.351 e. The second kappa shape index (κ2) is 7.68. The fourth-order valence-electron chi connectivity index (χ4n) is 4.83. The van der Waals surface area contributed by atoms with Gasteiger partial charge in [0, 0.05) is 41.0 Å². The van der Waals surface area contributed by atoms with Crippen molar-refractivity contribution < 1.29 is 0 Å². The fraction of sp³-hybridized carbons (Fsp3) is 0.0323. The molecule has 2 heteroatoms. The van der Waals surface area contributed by atoms with Crippen LogP contribution >= 0.6 is 0 Å². The molecule has 0 atom stereocenters. The van der Waals surface area contributed by atoms with E-state index in [0.29, 0.717) is 0 Å². The summed E-state index contributed by atoms with van der Waals surface area (Å²) >= 11 is 0. The summed E-state index contributed by atoms with van der Waals surface area (Å²) in [4.78, 5) is 2.16. The van der Waals surface area contributed by atoms with E-state index in [1.54, 1.807) is 0 Å². The minimum Gasteiger partial charge on any atom is -0.351 e. The van der Waals surface area contributed by atoms with Gasteiger partial charge in [0.25, 0.3) is 0 Å². The van der Waals surface area contributed by atoms with E-state index >= 15 is 0 Å². The molecule has 0 fully saturated rings. The van der Waals surface area contributed by atoms with Gasteiger partial charge in [-0.3, -0.25) is 0 Å². The highest BCUT2D eigenvalue weighted by Crippen LogP contribution is 2.36. The molecule has 0 saturated heterocycles. The Morgan fingerprint density at radius 2 is 1.42 bits per heavy atom. The molecule has 5 aromatic rings. The van der Waals surface area contributed by atoms with Crippen LogP contribution in [0.25, 0.3) is 38.6 Å². The van der Waals surface area contributed by atoms with Crippen LogP contribution in [-0.4, -0.2) is 11.6 Å². The average Bonchev–Trinajstić information content (AvgIpc) is 3.19. The minimum atomic E-state index is 1.02. The van der Waals surface area contributed by atoms with E-state index in [-0.39, 0.29) is 0 Å². The van der Waals surface area contributed by atoms with E-state index in [4.69, 9.17) is 0 Å². The number of hydrogen-bond acceptors (Lipinski definition) is 1. The molecule has 1 aliphatic rings. The van der Waals surface area contributed by atoms with Gasteiger partial charge in [0.05, 0.1) is 11.0 Å². The molecule has 2 nitrogen and oxygen atoms in total. The van der Waals surface area contributed by atoms with Crippen molar-refractivity contribution in [2.24, 2.45) is 0 Å². The molecule has 33 heavy (non-hydrogen) atoms. The summed E-state index contributed by atoms with van der Waals surface area (Å²) in [5, 5.41) is 2.51. The molecule has 0 amide bonds. The molecule has 0 saturated carbocycles. The molecule has 0 aliphatic carbocycles. The SMILES string of the molecule is C=C1/C=C(c2ccc3c(c2)c2ccccc2n3-c2ccccc2)\C=C/N(C)c2ccccc21. The van der Waals surface area contributed by atoms with Crippen molar-refractivity contribution in [3.63, 3.8) is 0 Å². The lowest BCUT2D eigenvalue weighted by atomic mass is 9.96. The van der Waals surface area contributed by atoms with E-state index < -0.39 is 0 Å². The zero-order valence-electron chi connectivity index (χ0n) is 18.6. The van der Waals surface area contributed by atoms with Crippen molar-refractivity contribution in [3.8, 4) is 5.69 Å².